The predicted octanol–water partition coefficient (Wildman–Crippen LogP) is 0.932. The van der Waals surface area contributed by atoms with Gasteiger partial charge in [-0.15, -0.1) is 0 Å². The molecular weight excluding hydrogens is 322 g/mol. The summed E-state index contributed by atoms with van der Waals surface area (Å²) in [5, 5.41) is 11.2. The molecule has 1 aliphatic heterocycles. The molecule has 1 saturated carbocycles. The number of carbonyl (C=O) groups excluding carboxylic acids is 1. The first kappa shape index (κ1) is 15.9. The lowest BCUT2D eigenvalue weighted by Crippen LogP contribution is -2.53. The molecular formula is C14H17N3O5S. The zero-order valence-electron chi connectivity index (χ0n) is 12.6. The molecule has 2 N–H and O–H groups in total. The maximum Gasteiger partial charge on any atom is 0.289 e. The van der Waals surface area contributed by atoms with Gasteiger partial charge >= 0.3 is 0 Å². The Kier molecular flexibility index (Phi) is 3.45. The molecule has 1 aliphatic carbocycles. The van der Waals surface area contributed by atoms with Crippen molar-refractivity contribution in [2.24, 2.45) is 11.7 Å². The fourth-order valence-electron chi connectivity index (χ4n) is 3.63. The molecule has 0 spiro atoms. The maximum absolute atomic E-state index is 13.1. The second-order valence-electron chi connectivity index (χ2n) is 6.09. The molecule has 23 heavy (non-hydrogen) atoms. The summed E-state index contributed by atoms with van der Waals surface area (Å²) in [4.78, 5) is 22.1. The van der Waals surface area contributed by atoms with Gasteiger partial charge in [0.25, 0.3) is 15.7 Å². The Hall–Kier alpha value is -2.00. The van der Waals surface area contributed by atoms with Crippen LogP contribution in [0.1, 0.15) is 24.8 Å². The fraction of sp³-hybridized carbons (Fsp3) is 0.500. The molecule has 0 aromatic heterocycles. The molecule has 8 nitrogen and oxygen atoms in total. The number of carbonyl (C=O) groups is 1. The van der Waals surface area contributed by atoms with Crippen LogP contribution in [-0.4, -0.2) is 35.6 Å². The van der Waals surface area contributed by atoms with Crippen molar-refractivity contribution in [2.45, 2.75) is 36.6 Å². The van der Waals surface area contributed by atoms with Crippen LogP contribution in [0.2, 0.25) is 0 Å². The highest BCUT2D eigenvalue weighted by Crippen LogP contribution is 2.56. The van der Waals surface area contributed by atoms with Crippen molar-refractivity contribution in [3.8, 4) is 0 Å². The largest absolute Gasteiger partial charge is 0.368 e. The molecule has 2 aliphatic rings. The van der Waals surface area contributed by atoms with E-state index in [4.69, 9.17) is 5.73 Å². The number of nitrogens with zero attached hydrogens (tertiary/aromatic N) is 2. The van der Waals surface area contributed by atoms with E-state index in [0.29, 0.717) is 12.8 Å². The van der Waals surface area contributed by atoms with Gasteiger partial charge in [-0.1, -0.05) is 12.1 Å². The Bertz CT molecular complexity index is 807. The number of fused-ring (bicyclic) bond motifs is 1. The summed E-state index contributed by atoms with van der Waals surface area (Å²) in [7, 11) is -4.19. The fourth-order valence-corrected chi connectivity index (χ4v) is 5.84. The molecule has 0 radical (unpaired) electrons. The number of benzene rings is 1. The van der Waals surface area contributed by atoms with Gasteiger partial charge in [0.05, 0.1) is 4.92 Å². The molecule has 0 bridgehead atoms. The topological polar surface area (TPSA) is 124 Å². The number of sulfonamides is 1. The lowest BCUT2D eigenvalue weighted by molar-refractivity contribution is -0.388. The van der Waals surface area contributed by atoms with Crippen LogP contribution in [-0.2, 0) is 14.8 Å². The Balaban J connectivity index is 2.17. The molecule has 1 saturated heterocycles. The van der Waals surface area contributed by atoms with Crippen LogP contribution in [0, 0.1) is 23.0 Å². The minimum atomic E-state index is -4.19. The van der Waals surface area contributed by atoms with E-state index >= 15 is 0 Å². The first-order valence-corrected chi connectivity index (χ1v) is 8.73. The average molecular weight is 339 g/mol. The van der Waals surface area contributed by atoms with Crippen molar-refractivity contribution < 1.29 is 18.1 Å². The van der Waals surface area contributed by atoms with Crippen LogP contribution in [0.4, 0.5) is 5.69 Å². The summed E-state index contributed by atoms with van der Waals surface area (Å²) >= 11 is 0. The Morgan fingerprint density at radius 3 is 2.78 bits per heavy atom. The van der Waals surface area contributed by atoms with Gasteiger partial charge in [0.15, 0.2) is 4.90 Å². The minimum Gasteiger partial charge on any atom is -0.368 e. The van der Waals surface area contributed by atoms with Crippen molar-refractivity contribution in [3.63, 3.8) is 0 Å². The van der Waals surface area contributed by atoms with Crippen LogP contribution in [0.3, 0.4) is 0 Å². The monoisotopic (exact) mass is 339 g/mol. The van der Waals surface area contributed by atoms with E-state index in [1.807, 2.05) is 0 Å². The lowest BCUT2D eigenvalue weighted by atomic mass is 10.0. The standard InChI is InChI=1S/C14H17N3O5S/c1-9-4-2-6-11(17(19)20)12(9)23(21,22)16-7-3-5-10-8-14(10,16)13(15)18/h2,4,6,10H,3,5,7-8H2,1H3,(H2,15,18)/t10-,14+/m1/s1. The van der Waals surface area contributed by atoms with Gasteiger partial charge in [-0.25, -0.2) is 8.42 Å². The third kappa shape index (κ3) is 2.14. The summed E-state index contributed by atoms with van der Waals surface area (Å²) in [6.07, 6.45) is 1.74. The predicted molar refractivity (Wildman–Crippen MR) is 81.0 cm³/mol. The molecule has 2 fully saturated rings. The normalized spacial score (nSPS) is 27.3. The molecule has 1 aromatic carbocycles. The SMILES string of the molecule is Cc1cccc([N+](=O)[O-])c1S(=O)(=O)N1CCC[C@@H]2C[C@@]21C(N)=O. The molecule has 9 heteroatoms. The van der Waals surface area contributed by atoms with Crippen LogP contribution < -0.4 is 5.73 Å². The molecule has 3 rings (SSSR count). The number of piperidine rings is 1. The summed E-state index contributed by atoms with van der Waals surface area (Å²) in [5.41, 5.74) is 4.05. The zero-order chi connectivity index (χ0) is 17.0. The van der Waals surface area contributed by atoms with E-state index in [0.717, 1.165) is 16.8 Å². The van der Waals surface area contributed by atoms with Gasteiger partial charge in [-0.3, -0.25) is 14.9 Å². The summed E-state index contributed by atoms with van der Waals surface area (Å²) < 4.78 is 27.3. The van der Waals surface area contributed by atoms with Crippen LogP contribution in [0.25, 0.3) is 0 Å². The number of hydrogen-bond acceptors (Lipinski definition) is 5. The number of nitro groups is 1. The van der Waals surface area contributed by atoms with Crippen LogP contribution >= 0.6 is 0 Å². The van der Waals surface area contributed by atoms with Crippen molar-refractivity contribution in [1.29, 1.82) is 0 Å². The van der Waals surface area contributed by atoms with Gasteiger partial charge in [-0.05, 0) is 37.7 Å². The second kappa shape index (κ2) is 5.00. The molecule has 1 aromatic rings. The highest BCUT2D eigenvalue weighted by molar-refractivity contribution is 7.89. The average Bonchev–Trinajstić information content (AvgIpc) is 3.22. The zero-order valence-corrected chi connectivity index (χ0v) is 13.4. The smallest absolute Gasteiger partial charge is 0.289 e. The van der Waals surface area contributed by atoms with E-state index < -0.39 is 32.1 Å². The van der Waals surface area contributed by atoms with E-state index in [1.165, 1.54) is 19.1 Å². The van der Waals surface area contributed by atoms with E-state index in [1.54, 1.807) is 0 Å². The van der Waals surface area contributed by atoms with Crippen molar-refractivity contribution in [1.82, 2.24) is 4.31 Å². The highest BCUT2D eigenvalue weighted by Gasteiger charge is 2.67. The Labute approximate surface area is 133 Å². The number of amides is 1. The quantitative estimate of drug-likeness (QED) is 0.645. The third-order valence-electron chi connectivity index (χ3n) is 4.79. The highest BCUT2D eigenvalue weighted by atomic mass is 32.2. The number of hydrogen-bond donors (Lipinski definition) is 1. The molecule has 1 amide bonds. The Morgan fingerprint density at radius 1 is 1.48 bits per heavy atom. The number of rotatable bonds is 4. The van der Waals surface area contributed by atoms with Gasteiger partial charge in [0.2, 0.25) is 5.91 Å². The maximum atomic E-state index is 13.1. The van der Waals surface area contributed by atoms with Crippen molar-refractivity contribution >= 4 is 21.6 Å². The van der Waals surface area contributed by atoms with Crippen molar-refractivity contribution in [2.75, 3.05) is 6.54 Å². The van der Waals surface area contributed by atoms with Gasteiger partial charge in [-0.2, -0.15) is 4.31 Å². The van der Waals surface area contributed by atoms with Crippen LogP contribution in [0.15, 0.2) is 23.1 Å². The molecule has 0 unspecified atom stereocenters. The molecule has 2 atom stereocenters. The first-order chi connectivity index (χ1) is 10.7. The summed E-state index contributed by atoms with van der Waals surface area (Å²) in [5.74, 6) is -0.770. The lowest BCUT2D eigenvalue weighted by Gasteiger charge is -2.33. The molecule has 124 valence electrons. The van der Waals surface area contributed by atoms with Crippen molar-refractivity contribution in [3.05, 3.63) is 33.9 Å². The summed E-state index contributed by atoms with van der Waals surface area (Å²) in [6.45, 7) is 1.65. The number of aryl methyl sites for hydroxylation is 1. The number of nitrogens with two attached hydrogens (primary N) is 1. The van der Waals surface area contributed by atoms with Gasteiger partial charge in [0.1, 0.15) is 5.54 Å². The first-order valence-electron chi connectivity index (χ1n) is 7.29. The van der Waals surface area contributed by atoms with E-state index in [2.05, 4.69) is 0 Å². The van der Waals surface area contributed by atoms with Crippen LogP contribution in [0.5, 0.6) is 0 Å². The molecule has 1 heterocycles. The second-order valence-corrected chi connectivity index (χ2v) is 7.89. The third-order valence-corrected chi connectivity index (χ3v) is 6.93. The van der Waals surface area contributed by atoms with Gasteiger partial charge < -0.3 is 5.73 Å². The summed E-state index contributed by atoms with van der Waals surface area (Å²) in [6, 6.07) is 4.10. The number of nitro benzene ring substituents is 1. The minimum absolute atomic E-state index is 0.0911. The Morgan fingerprint density at radius 2 is 2.17 bits per heavy atom. The van der Waals surface area contributed by atoms with E-state index in [9.17, 15) is 23.3 Å². The van der Waals surface area contributed by atoms with E-state index in [-0.39, 0.29) is 22.9 Å². The van der Waals surface area contributed by atoms with Gasteiger partial charge in [0, 0.05) is 12.6 Å². The number of primary amides is 1.